The first-order chi connectivity index (χ1) is 8.32. The molecule has 96 valence electrons. The van der Waals surface area contributed by atoms with Crippen LogP contribution < -0.4 is 0 Å². The number of Topliss-reactive ketones (excluding diaryl/α,β-unsaturated/α-hetero) is 1. The predicted octanol–water partition coefficient (Wildman–Crippen LogP) is 1.74. The molecule has 6 nitrogen and oxygen atoms in total. The zero-order valence-electron chi connectivity index (χ0n) is 10.0. The summed E-state index contributed by atoms with van der Waals surface area (Å²) in [4.78, 5) is 32.5. The van der Waals surface area contributed by atoms with Crippen molar-refractivity contribution >= 4 is 17.4 Å². The van der Waals surface area contributed by atoms with Gasteiger partial charge in [0.1, 0.15) is 5.92 Å². The Morgan fingerprint density at radius 2 is 2.06 bits per heavy atom. The van der Waals surface area contributed by atoms with Crippen LogP contribution in [0.3, 0.4) is 0 Å². The van der Waals surface area contributed by atoms with E-state index < -0.39 is 22.6 Å². The zero-order chi connectivity index (χ0) is 13.9. The van der Waals surface area contributed by atoms with Crippen LogP contribution in [0.2, 0.25) is 0 Å². The molecule has 0 fully saturated rings. The van der Waals surface area contributed by atoms with Gasteiger partial charge in [-0.05, 0) is 19.9 Å². The second-order valence-corrected chi connectivity index (χ2v) is 4.09. The molecule has 1 atom stereocenters. The van der Waals surface area contributed by atoms with Crippen molar-refractivity contribution in [2.45, 2.75) is 20.3 Å². The van der Waals surface area contributed by atoms with Crippen LogP contribution in [0.4, 0.5) is 5.69 Å². The molecule has 0 radical (unpaired) electrons. The number of carbonyl (C=O) groups is 2. The summed E-state index contributed by atoms with van der Waals surface area (Å²) in [6.45, 7) is 3.02. The lowest BCUT2D eigenvalue weighted by atomic mass is 9.97. The van der Waals surface area contributed by atoms with Crippen molar-refractivity contribution in [3.05, 3.63) is 39.4 Å². The van der Waals surface area contributed by atoms with E-state index in [-0.39, 0.29) is 17.7 Å². The maximum Gasteiger partial charge on any atom is 0.313 e. The maximum atomic E-state index is 11.6. The Morgan fingerprint density at radius 3 is 2.56 bits per heavy atom. The van der Waals surface area contributed by atoms with Gasteiger partial charge in [-0.2, -0.15) is 0 Å². The fourth-order valence-electron chi connectivity index (χ4n) is 1.51. The van der Waals surface area contributed by atoms with Crippen molar-refractivity contribution in [3.8, 4) is 0 Å². The summed E-state index contributed by atoms with van der Waals surface area (Å²) in [5, 5.41) is 19.5. The predicted molar refractivity (Wildman–Crippen MR) is 63.3 cm³/mol. The van der Waals surface area contributed by atoms with Gasteiger partial charge in [0.25, 0.3) is 5.69 Å². The lowest BCUT2D eigenvalue weighted by Crippen LogP contribution is -2.22. The summed E-state index contributed by atoms with van der Waals surface area (Å²) in [5.41, 5.74) is 0.871. The molecule has 1 aromatic rings. The van der Waals surface area contributed by atoms with Gasteiger partial charge in [0.05, 0.1) is 4.92 Å². The maximum absolute atomic E-state index is 11.6. The van der Waals surface area contributed by atoms with E-state index in [1.54, 1.807) is 13.0 Å². The average molecular weight is 251 g/mol. The molecule has 0 amide bonds. The Labute approximate surface area is 103 Å². The zero-order valence-corrected chi connectivity index (χ0v) is 10.0. The third-order valence-electron chi connectivity index (χ3n) is 2.65. The molecule has 0 aliphatic rings. The van der Waals surface area contributed by atoms with Crippen LogP contribution in [0, 0.1) is 23.0 Å². The van der Waals surface area contributed by atoms with Crippen molar-refractivity contribution in [1.82, 2.24) is 0 Å². The molecule has 1 unspecified atom stereocenters. The molecule has 0 saturated carbocycles. The third-order valence-corrected chi connectivity index (χ3v) is 2.65. The smallest absolute Gasteiger partial charge is 0.313 e. The Bertz CT molecular complexity index is 509. The summed E-state index contributed by atoms with van der Waals surface area (Å²) in [7, 11) is 0. The number of carbonyl (C=O) groups excluding carboxylic acids is 1. The Hall–Kier alpha value is -2.24. The fraction of sp³-hybridized carbons (Fsp3) is 0.333. The highest BCUT2D eigenvalue weighted by Gasteiger charge is 2.24. The number of aliphatic carboxylic acids is 1. The van der Waals surface area contributed by atoms with Gasteiger partial charge < -0.3 is 5.11 Å². The van der Waals surface area contributed by atoms with E-state index in [0.717, 1.165) is 5.56 Å². The van der Waals surface area contributed by atoms with Crippen LogP contribution in [0.25, 0.3) is 0 Å². The Kier molecular flexibility index (Phi) is 4.14. The summed E-state index contributed by atoms with van der Waals surface area (Å²) in [5.74, 6) is -2.93. The monoisotopic (exact) mass is 251 g/mol. The minimum absolute atomic E-state index is 0.161. The van der Waals surface area contributed by atoms with E-state index in [1.165, 1.54) is 19.1 Å². The van der Waals surface area contributed by atoms with Gasteiger partial charge in [0.2, 0.25) is 0 Å². The van der Waals surface area contributed by atoms with E-state index in [0.29, 0.717) is 0 Å². The van der Waals surface area contributed by atoms with Crippen molar-refractivity contribution < 1.29 is 19.6 Å². The van der Waals surface area contributed by atoms with Gasteiger partial charge in [-0.1, -0.05) is 11.6 Å². The number of carboxylic acids is 1. The van der Waals surface area contributed by atoms with Crippen LogP contribution in [0.15, 0.2) is 18.2 Å². The number of hydrogen-bond acceptors (Lipinski definition) is 4. The molecular weight excluding hydrogens is 238 g/mol. The first-order valence-corrected chi connectivity index (χ1v) is 5.32. The quantitative estimate of drug-likeness (QED) is 0.488. The first kappa shape index (κ1) is 13.8. The number of benzene rings is 1. The SMILES string of the molecule is Cc1ccc([N+](=O)[O-])c(CC(=O)C(C)C(=O)O)c1. The fourth-order valence-corrected chi connectivity index (χ4v) is 1.51. The normalized spacial score (nSPS) is 11.9. The highest BCUT2D eigenvalue weighted by Crippen LogP contribution is 2.21. The molecule has 0 aromatic heterocycles. The minimum Gasteiger partial charge on any atom is -0.481 e. The van der Waals surface area contributed by atoms with Gasteiger partial charge in [-0.15, -0.1) is 0 Å². The van der Waals surface area contributed by atoms with E-state index in [4.69, 9.17) is 5.11 Å². The van der Waals surface area contributed by atoms with Crippen LogP contribution in [-0.4, -0.2) is 21.8 Å². The topological polar surface area (TPSA) is 97.5 Å². The molecule has 0 aliphatic carbocycles. The Balaban J connectivity index is 3.03. The van der Waals surface area contributed by atoms with Crippen LogP contribution in [0.5, 0.6) is 0 Å². The van der Waals surface area contributed by atoms with Crippen molar-refractivity contribution in [2.75, 3.05) is 0 Å². The summed E-state index contributed by atoms with van der Waals surface area (Å²) >= 11 is 0. The highest BCUT2D eigenvalue weighted by molar-refractivity contribution is 5.99. The first-order valence-electron chi connectivity index (χ1n) is 5.32. The van der Waals surface area contributed by atoms with Gasteiger partial charge in [-0.25, -0.2) is 0 Å². The van der Waals surface area contributed by atoms with Gasteiger partial charge in [0.15, 0.2) is 5.78 Å². The lowest BCUT2D eigenvalue weighted by Gasteiger charge is -2.06. The average Bonchev–Trinajstić information content (AvgIpc) is 2.27. The molecule has 1 rings (SSSR count). The number of nitrogens with zero attached hydrogens (tertiary/aromatic N) is 1. The molecule has 0 heterocycles. The summed E-state index contributed by atoms with van der Waals surface area (Å²) < 4.78 is 0. The lowest BCUT2D eigenvalue weighted by molar-refractivity contribution is -0.385. The second kappa shape index (κ2) is 5.39. The molecule has 0 spiro atoms. The largest absolute Gasteiger partial charge is 0.481 e. The molecule has 6 heteroatoms. The van der Waals surface area contributed by atoms with Crippen molar-refractivity contribution in [3.63, 3.8) is 0 Å². The molecule has 0 aliphatic heterocycles. The summed E-state index contributed by atoms with van der Waals surface area (Å²) in [6, 6.07) is 4.43. The number of ketones is 1. The van der Waals surface area contributed by atoms with E-state index >= 15 is 0 Å². The molecule has 1 N–H and O–H groups in total. The van der Waals surface area contributed by atoms with E-state index in [2.05, 4.69) is 0 Å². The van der Waals surface area contributed by atoms with Crippen molar-refractivity contribution in [2.24, 2.45) is 5.92 Å². The number of aryl methyl sites for hydroxylation is 1. The highest BCUT2D eigenvalue weighted by atomic mass is 16.6. The third kappa shape index (κ3) is 3.13. The number of nitro benzene ring substituents is 1. The number of hydrogen-bond donors (Lipinski definition) is 1. The van der Waals surface area contributed by atoms with E-state index in [9.17, 15) is 19.7 Å². The van der Waals surface area contributed by atoms with Crippen LogP contribution in [0.1, 0.15) is 18.1 Å². The second-order valence-electron chi connectivity index (χ2n) is 4.09. The van der Waals surface area contributed by atoms with Crippen LogP contribution >= 0.6 is 0 Å². The minimum atomic E-state index is -1.23. The Morgan fingerprint density at radius 1 is 1.44 bits per heavy atom. The summed E-state index contributed by atoms with van der Waals surface area (Å²) in [6.07, 6.45) is -0.245. The van der Waals surface area contributed by atoms with E-state index in [1.807, 2.05) is 0 Å². The van der Waals surface area contributed by atoms with Crippen LogP contribution in [-0.2, 0) is 16.0 Å². The molecule has 18 heavy (non-hydrogen) atoms. The van der Waals surface area contributed by atoms with Gasteiger partial charge in [-0.3, -0.25) is 19.7 Å². The van der Waals surface area contributed by atoms with Gasteiger partial charge in [0, 0.05) is 18.1 Å². The molecule has 1 aromatic carbocycles. The number of rotatable bonds is 5. The van der Waals surface area contributed by atoms with Crippen molar-refractivity contribution in [1.29, 1.82) is 0 Å². The number of nitro groups is 1. The van der Waals surface area contributed by atoms with Gasteiger partial charge >= 0.3 is 5.97 Å². The molecular formula is C12H13NO5. The molecule has 0 saturated heterocycles. The molecule has 0 bridgehead atoms. The number of carboxylic acid groups (broad SMARTS) is 1. The standard InChI is InChI=1S/C12H13NO5/c1-7-3-4-10(13(17)18)9(5-7)6-11(14)8(2)12(15)16/h3-5,8H,6H2,1-2H3,(H,15,16).